The van der Waals surface area contributed by atoms with Crippen molar-refractivity contribution in [3.8, 4) is 5.75 Å². The normalized spacial score (nSPS) is 10.7. The van der Waals surface area contributed by atoms with Gasteiger partial charge < -0.3 is 4.74 Å². The number of halogens is 1. The predicted octanol–water partition coefficient (Wildman–Crippen LogP) is 4.55. The average molecular weight is 284 g/mol. The van der Waals surface area contributed by atoms with Crippen LogP contribution in [0.4, 0.5) is 0 Å². The lowest BCUT2D eigenvalue weighted by Crippen LogP contribution is -1.98. The van der Waals surface area contributed by atoms with Gasteiger partial charge in [-0.2, -0.15) is 0 Å². The molecule has 20 heavy (non-hydrogen) atoms. The van der Waals surface area contributed by atoms with Crippen molar-refractivity contribution in [1.29, 1.82) is 0 Å². The maximum Gasteiger partial charge on any atom is 0.131 e. The Morgan fingerprint density at radius 2 is 1.70 bits per heavy atom. The molecular weight excluding hydrogens is 270 g/mol. The molecule has 0 aliphatic rings. The van der Waals surface area contributed by atoms with E-state index >= 15 is 0 Å². The lowest BCUT2D eigenvalue weighted by molar-refractivity contribution is 0.309. The van der Waals surface area contributed by atoms with E-state index in [9.17, 15) is 0 Å². The Morgan fingerprint density at radius 3 is 2.50 bits per heavy atom. The van der Waals surface area contributed by atoms with E-state index in [1.165, 1.54) is 0 Å². The SMILES string of the molecule is ClCc1cc(OCc2ccccc2)c2ccccc2n1. The van der Waals surface area contributed by atoms with Crippen molar-refractivity contribution in [1.82, 2.24) is 4.98 Å². The van der Waals surface area contributed by atoms with Gasteiger partial charge in [-0.15, -0.1) is 11.6 Å². The molecule has 1 heterocycles. The molecule has 0 saturated heterocycles. The van der Waals surface area contributed by atoms with Crippen LogP contribution in [0.1, 0.15) is 11.3 Å². The van der Waals surface area contributed by atoms with Crippen molar-refractivity contribution >= 4 is 22.5 Å². The summed E-state index contributed by atoms with van der Waals surface area (Å²) in [6.07, 6.45) is 0. The summed E-state index contributed by atoms with van der Waals surface area (Å²) >= 11 is 5.90. The van der Waals surface area contributed by atoms with Gasteiger partial charge in [0.15, 0.2) is 0 Å². The molecule has 0 fully saturated rings. The first-order valence-corrected chi connectivity index (χ1v) is 7.01. The Hall–Kier alpha value is -2.06. The number of hydrogen-bond donors (Lipinski definition) is 0. The van der Waals surface area contributed by atoms with Crippen LogP contribution in [-0.2, 0) is 12.5 Å². The summed E-state index contributed by atoms with van der Waals surface area (Å²) in [5, 5.41) is 1.01. The highest BCUT2D eigenvalue weighted by Gasteiger charge is 2.06. The number of nitrogens with zero attached hydrogens (tertiary/aromatic N) is 1. The molecule has 2 nitrogen and oxygen atoms in total. The van der Waals surface area contributed by atoms with Crippen LogP contribution < -0.4 is 4.74 Å². The standard InChI is InChI=1S/C17H14ClNO/c18-11-14-10-17(15-8-4-5-9-16(15)19-14)20-12-13-6-2-1-3-7-13/h1-10H,11-12H2. The van der Waals surface area contributed by atoms with Gasteiger partial charge in [-0.3, -0.25) is 4.98 Å². The molecule has 0 aliphatic heterocycles. The summed E-state index contributed by atoms with van der Waals surface area (Å²) in [6, 6.07) is 20.0. The minimum absolute atomic E-state index is 0.381. The zero-order valence-electron chi connectivity index (χ0n) is 10.9. The summed E-state index contributed by atoms with van der Waals surface area (Å²) in [5.74, 6) is 1.21. The Bertz CT molecular complexity index is 713. The summed E-state index contributed by atoms with van der Waals surface area (Å²) in [6.45, 7) is 0.538. The number of alkyl halides is 1. The topological polar surface area (TPSA) is 22.1 Å². The maximum absolute atomic E-state index is 5.95. The molecule has 3 heteroatoms. The van der Waals surface area contributed by atoms with Gasteiger partial charge in [-0.1, -0.05) is 42.5 Å². The third kappa shape index (κ3) is 2.75. The van der Waals surface area contributed by atoms with E-state index in [1.807, 2.05) is 60.7 Å². The Morgan fingerprint density at radius 1 is 0.950 bits per heavy atom. The first-order chi connectivity index (χ1) is 9.86. The Kier molecular flexibility index (Phi) is 3.84. The fraction of sp³-hybridized carbons (Fsp3) is 0.118. The molecule has 2 aromatic carbocycles. The van der Waals surface area contributed by atoms with Gasteiger partial charge in [0.25, 0.3) is 0 Å². The highest BCUT2D eigenvalue weighted by molar-refractivity contribution is 6.17. The number of fused-ring (bicyclic) bond motifs is 1. The van der Waals surface area contributed by atoms with E-state index in [-0.39, 0.29) is 0 Å². The molecule has 100 valence electrons. The van der Waals surface area contributed by atoms with E-state index < -0.39 is 0 Å². The summed E-state index contributed by atoms with van der Waals surface area (Å²) < 4.78 is 5.95. The fourth-order valence-electron chi connectivity index (χ4n) is 2.12. The van der Waals surface area contributed by atoms with E-state index in [4.69, 9.17) is 16.3 Å². The zero-order chi connectivity index (χ0) is 13.8. The quantitative estimate of drug-likeness (QED) is 0.655. The molecule has 1 aromatic heterocycles. The van der Waals surface area contributed by atoms with Gasteiger partial charge in [-0.25, -0.2) is 0 Å². The van der Waals surface area contributed by atoms with E-state index in [0.29, 0.717) is 12.5 Å². The number of benzene rings is 2. The monoisotopic (exact) mass is 283 g/mol. The van der Waals surface area contributed by atoms with Gasteiger partial charge in [0.05, 0.1) is 17.1 Å². The second kappa shape index (κ2) is 5.93. The summed E-state index contributed by atoms with van der Waals surface area (Å²) in [7, 11) is 0. The number of hydrogen-bond acceptors (Lipinski definition) is 2. The molecule has 0 bridgehead atoms. The Balaban J connectivity index is 1.93. The van der Waals surface area contributed by atoms with Crippen molar-refractivity contribution in [3.63, 3.8) is 0 Å². The first-order valence-electron chi connectivity index (χ1n) is 6.48. The minimum atomic E-state index is 0.381. The van der Waals surface area contributed by atoms with Crippen LogP contribution in [0.3, 0.4) is 0 Å². The smallest absolute Gasteiger partial charge is 0.131 e. The molecule has 0 amide bonds. The predicted molar refractivity (Wildman–Crippen MR) is 82.1 cm³/mol. The number of para-hydroxylation sites is 1. The zero-order valence-corrected chi connectivity index (χ0v) is 11.7. The molecule has 0 aliphatic carbocycles. The minimum Gasteiger partial charge on any atom is -0.488 e. The molecule has 0 radical (unpaired) electrons. The lowest BCUT2D eigenvalue weighted by Gasteiger charge is -2.10. The molecule has 0 spiro atoms. The van der Waals surface area contributed by atoms with Crippen LogP contribution >= 0.6 is 11.6 Å². The average Bonchev–Trinajstić information content (AvgIpc) is 2.53. The fourth-order valence-corrected chi connectivity index (χ4v) is 2.26. The van der Waals surface area contributed by atoms with Crippen molar-refractivity contribution in [2.45, 2.75) is 12.5 Å². The van der Waals surface area contributed by atoms with Crippen molar-refractivity contribution in [2.24, 2.45) is 0 Å². The van der Waals surface area contributed by atoms with Crippen LogP contribution in [0, 0.1) is 0 Å². The molecule has 0 saturated carbocycles. The van der Waals surface area contributed by atoms with Gasteiger partial charge in [-0.05, 0) is 17.7 Å². The molecule has 0 N–H and O–H groups in total. The number of ether oxygens (including phenoxy) is 1. The second-order valence-corrected chi connectivity index (χ2v) is 4.80. The summed E-state index contributed by atoms with van der Waals surface area (Å²) in [4.78, 5) is 4.50. The number of pyridine rings is 1. The van der Waals surface area contributed by atoms with Crippen LogP contribution in [0.25, 0.3) is 10.9 Å². The molecular formula is C17H14ClNO. The van der Waals surface area contributed by atoms with Gasteiger partial charge in [0.2, 0.25) is 0 Å². The van der Waals surface area contributed by atoms with Gasteiger partial charge >= 0.3 is 0 Å². The molecule has 0 unspecified atom stereocenters. The molecule has 0 atom stereocenters. The molecule has 3 aromatic rings. The number of aromatic nitrogens is 1. The molecule has 3 rings (SSSR count). The largest absolute Gasteiger partial charge is 0.488 e. The van der Waals surface area contributed by atoms with Crippen LogP contribution in [0.2, 0.25) is 0 Å². The highest BCUT2D eigenvalue weighted by Crippen LogP contribution is 2.26. The van der Waals surface area contributed by atoms with Crippen LogP contribution in [0.5, 0.6) is 5.75 Å². The van der Waals surface area contributed by atoms with E-state index in [0.717, 1.165) is 27.9 Å². The summed E-state index contributed by atoms with van der Waals surface area (Å²) in [5.41, 5.74) is 2.88. The van der Waals surface area contributed by atoms with Crippen molar-refractivity contribution in [3.05, 3.63) is 71.9 Å². The lowest BCUT2D eigenvalue weighted by atomic mass is 10.2. The van der Waals surface area contributed by atoms with Crippen molar-refractivity contribution < 1.29 is 4.74 Å². The van der Waals surface area contributed by atoms with Crippen molar-refractivity contribution in [2.75, 3.05) is 0 Å². The van der Waals surface area contributed by atoms with Crippen LogP contribution in [-0.4, -0.2) is 4.98 Å². The number of rotatable bonds is 4. The van der Waals surface area contributed by atoms with E-state index in [2.05, 4.69) is 4.98 Å². The Labute approximate surface area is 123 Å². The van der Waals surface area contributed by atoms with Gasteiger partial charge in [0, 0.05) is 11.5 Å². The second-order valence-electron chi connectivity index (χ2n) is 4.54. The maximum atomic E-state index is 5.95. The third-order valence-corrected chi connectivity index (χ3v) is 3.38. The third-order valence-electron chi connectivity index (χ3n) is 3.11. The first kappa shape index (κ1) is 12.9. The highest BCUT2D eigenvalue weighted by atomic mass is 35.5. The van der Waals surface area contributed by atoms with Gasteiger partial charge in [0.1, 0.15) is 12.4 Å². The van der Waals surface area contributed by atoms with Crippen LogP contribution in [0.15, 0.2) is 60.7 Å². The van der Waals surface area contributed by atoms with E-state index in [1.54, 1.807) is 0 Å².